The molecule has 0 bridgehead atoms. The van der Waals surface area contributed by atoms with Crippen molar-refractivity contribution in [2.75, 3.05) is 19.4 Å². The maximum atomic E-state index is 11.9. The summed E-state index contributed by atoms with van der Waals surface area (Å²) < 4.78 is 5.08. The first-order chi connectivity index (χ1) is 11.0. The molecule has 0 saturated carbocycles. The Kier molecular flexibility index (Phi) is 5.19. The van der Waals surface area contributed by atoms with Crippen LogP contribution >= 0.6 is 0 Å². The predicted octanol–water partition coefficient (Wildman–Crippen LogP) is 2.84. The van der Waals surface area contributed by atoms with Gasteiger partial charge in [-0.25, -0.2) is 4.79 Å². The van der Waals surface area contributed by atoms with Crippen LogP contribution in [-0.2, 0) is 11.3 Å². The van der Waals surface area contributed by atoms with Crippen molar-refractivity contribution < 1.29 is 19.4 Å². The molecule has 0 atom stereocenters. The fraction of sp³-hybridized carbons (Fsp3) is 0.176. The number of aromatic hydroxyl groups is 1. The summed E-state index contributed by atoms with van der Waals surface area (Å²) in [4.78, 5) is 25.1. The van der Waals surface area contributed by atoms with Crippen LogP contribution in [0.25, 0.3) is 0 Å². The maximum Gasteiger partial charge on any atom is 0.412 e. The molecule has 2 N–H and O–H groups in total. The summed E-state index contributed by atoms with van der Waals surface area (Å²) in [6.45, 7) is 0.115. The number of hydrogen-bond acceptors (Lipinski definition) is 4. The van der Waals surface area contributed by atoms with Gasteiger partial charge in [-0.1, -0.05) is 36.4 Å². The Balaban J connectivity index is 2.04. The highest BCUT2D eigenvalue weighted by molar-refractivity contribution is 6.00. The van der Waals surface area contributed by atoms with E-state index in [-0.39, 0.29) is 29.5 Å². The van der Waals surface area contributed by atoms with Gasteiger partial charge in [-0.2, -0.15) is 0 Å². The Labute approximate surface area is 134 Å². The Morgan fingerprint density at radius 2 is 1.78 bits per heavy atom. The van der Waals surface area contributed by atoms with Gasteiger partial charge in [0.2, 0.25) is 0 Å². The molecule has 2 aromatic rings. The van der Waals surface area contributed by atoms with Gasteiger partial charge in [-0.05, 0) is 17.7 Å². The van der Waals surface area contributed by atoms with Gasteiger partial charge in [0, 0.05) is 14.1 Å². The summed E-state index contributed by atoms with van der Waals surface area (Å²) in [7, 11) is 3.16. The van der Waals surface area contributed by atoms with Crippen molar-refractivity contribution in [3.63, 3.8) is 0 Å². The summed E-state index contributed by atoms with van der Waals surface area (Å²) in [5.74, 6) is -0.647. The predicted molar refractivity (Wildman–Crippen MR) is 86.4 cm³/mol. The largest absolute Gasteiger partial charge is 0.505 e. The second kappa shape index (κ2) is 7.31. The molecule has 0 unspecified atom stereocenters. The number of nitrogens with one attached hydrogen (secondary N) is 1. The number of carbonyl (C=O) groups excluding carboxylic acids is 2. The molecule has 23 heavy (non-hydrogen) atoms. The fourth-order valence-electron chi connectivity index (χ4n) is 1.93. The summed E-state index contributed by atoms with van der Waals surface area (Å²) in [5, 5.41) is 12.6. The molecular formula is C17H18N2O4. The lowest BCUT2D eigenvalue weighted by Gasteiger charge is -2.14. The highest BCUT2D eigenvalue weighted by atomic mass is 16.5. The lowest BCUT2D eigenvalue weighted by molar-refractivity contribution is 0.0824. The van der Waals surface area contributed by atoms with E-state index in [1.54, 1.807) is 20.2 Å². The van der Waals surface area contributed by atoms with E-state index in [1.165, 1.54) is 17.0 Å². The van der Waals surface area contributed by atoms with Gasteiger partial charge in [0.25, 0.3) is 5.91 Å². The van der Waals surface area contributed by atoms with E-state index in [2.05, 4.69) is 5.32 Å². The number of phenols is 1. The molecule has 0 spiro atoms. The number of benzene rings is 2. The molecule has 2 amide bonds. The van der Waals surface area contributed by atoms with Crippen LogP contribution in [0.1, 0.15) is 15.9 Å². The van der Waals surface area contributed by atoms with Gasteiger partial charge in [0.1, 0.15) is 6.61 Å². The minimum absolute atomic E-state index is 0.107. The molecule has 2 aromatic carbocycles. The zero-order chi connectivity index (χ0) is 16.8. The van der Waals surface area contributed by atoms with Crippen LogP contribution in [0.4, 0.5) is 10.5 Å². The average molecular weight is 314 g/mol. The van der Waals surface area contributed by atoms with Gasteiger partial charge in [-0.3, -0.25) is 10.1 Å². The van der Waals surface area contributed by atoms with Crippen molar-refractivity contribution in [2.24, 2.45) is 0 Å². The monoisotopic (exact) mass is 314 g/mol. The first kappa shape index (κ1) is 16.4. The maximum absolute atomic E-state index is 11.9. The van der Waals surface area contributed by atoms with Crippen molar-refractivity contribution in [1.29, 1.82) is 0 Å². The van der Waals surface area contributed by atoms with Crippen LogP contribution in [-0.4, -0.2) is 36.1 Å². The first-order valence-electron chi connectivity index (χ1n) is 7.00. The highest BCUT2D eigenvalue weighted by Gasteiger charge is 2.17. The van der Waals surface area contributed by atoms with E-state index in [9.17, 15) is 14.7 Å². The Morgan fingerprint density at radius 3 is 2.43 bits per heavy atom. The topological polar surface area (TPSA) is 78.9 Å². The number of carbonyl (C=O) groups is 2. The van der Waals surface area contributed by atoms with Crippen LogP contribution in [0, 0.1) is 0 Å². The second-order valence-electron chi connectivity index (χ2n) is 5.09. The van der Waals surface area contributed by atoms with Crippen molar-refractivity contribution in [2.45, 2.75) is 6.61 Å². The third-order valence-corrected chi connectivity index (χ3v) is 3.12. The third kappa shape index (κ3) is 4.23. The summed E-state index contributed by atoms with van der Waals surface area (Å²) in [5.41, 5.74) is 1.08. The molecule has 0 radical (unpaired) electrons. The van der Waals surface area contributed by atoms with Gasteiger partial charge >= 0.3 is 6.09 Å². The second-order valence-corrected chi connectivity index (χ2v) is 5.09. The Morgan fingerprint density at radius 1 is 1.09 bits per heavy atom. The van der Waals surface area contributed by atoms with Crippen LogP contribution in [0.3, 0.4) is 0 Å². The van der Waals surface area contributed by atoms with E-state index >= 15 is 0 Å². The molecular weight excluding hydrogens is 296 g/mol. The minimum atomic E-state index is -0.710. The molecule has 2 rings (SSSR count). The van der Waals surface area contributed by atoms with Gasteiger partial charge in [-0.15, -0.1) is 0 Å². The van der Waals surface area contributed by atoms with Crippen molar-refractivity contribution in [3.8, 4) is 5.75 Å². The molecule has 0 heterocycles. The zero-order valence-electron chi connectivity index (χ0n) is 12.9. The van der Waals surface area contributed by atoms with Crippen LogP contribution in [0.5, 0.6) is 5.75 Å². The van der Waals surface area contributed by atoms with Crippen LogP contribution in [0.2, 0.25) is 0 Å². The van der Waals surface area contributed by atoms with E-state index in [4.69, 9.17) is 4.74 Å². The molecule has 0 saturated heterocycles. The molecule has 0 aliphatic heterocycles. The number of amides is 2. The molecule has 6 nitrogen and oxygen atoms in total. The number of hydrogen-bond donors (Lipinski definition) is 2. The lowest BCUT2D eigenvalue weighted by atomic mass is 10.1. The first-order valence-corrected chi connectivity index (χ1v) is 7.00. The quantitative estimate of drug-likeness (QED) is 0.851. The number of ether oxygens (including phenoxy) is 1. The highest BCUT2D eigenvalue weighted by Crippen LogP contribution is 2.28. The summed E-state index contributed by atoms with van der Waals surface area (Å²) in [6, 6.07) is 13.8. The standard InChI is InChI=1S/C17H18N2O4/c1-19(2)16(21)13-9-6-10-14(15(13)20)18-17(22)23-11-12-7-4-3-5-8-12/h3-10,20H,11H2,1-2H3,(H,18,22). The fourth-order valence-corrected chi connectivity index (χ4v) is 1.93. The van der Waals surface area contributed by atoms with Gasteiger partial charge in [0.05, 0.1) is 11.3 Å². The Hall–Kier alpha value is -3.02. The Bertz CT molecular complexity index is 699. The third-order valence-electron chi connectivity index (χ3n) is 3.12. The van der Waals surface area contributed by atoms with E-state index in [0.29, 0.717) is 0 Å². The van der Waals surface area contributed by atoms with E-state index in [1.807, 2.05) is 30.3 Å². The van der Waals surface area contributed by atoms with Crippen molar-refractivity contribution in [3.05, 3.63) is 59.7 Å². The molecule has 6 heteroatoms. The van der Waals surface area contributed by atoms with E-state index in [0.717, 1.165) is 5.56 Å². The van der Waals surface area contributed by atoms with Crippen molar-refractivity contribution >= 4 is 17.7 Å². The number of phenolic OH excluding ortho intramolecular Hbond substituents is 1. The normalized spacial score (nSPS) is 10.0. The van der Waals surface area contributed by atoms with Crippen LogP contribution < -0.4 is 5.32 Å². The average Bonchev–Trinajstić information content (AvgIpc) is 2.55. The number of anilines is 1. The molecule has 0 aliphatic rings. The van der Waals surface area contributed by atoms with E-state index < -0.39 is 6.09 Å². The van der Waals surface area contributed by atoms with Crippen LogP contribution in [0.15, 0.2) is 48.5 Å². The van der Waals surface area contributed by atoms with Gasteiger partial charge in [0.15, 0.2) is 5.75 Å². The molecule has 0 aromatic heterocycles. The number of nitrogens with zero attached hydrogens (tertiary/aromatic N) is 1. The smallest absolute Gasteiger partial charge is 0.412 e. The zero-order valence-corrected chi connectivity index (χ0v) is 12.9. The minimum Gasteiger partial charge on any atom is -0.505 e. The van der Waals surface area contributed by atoms with Crippen molar-refractivity contribution in [1.82, 2.24) is 4.90 Å². The lowest BCUT2D eigenvalue weighted by Crippen LogP contribution is -2.22. The van der Waals surface area contributed by atoms with Gasteiger partial charge < -0.3 is 14.7 Å². The molecule has 120 valence electrons. The number of para-hydroxylation sites is 1. The molecule has 0 fully saturated rings. The summed E-state index contributed by atoms with van der Waals surface area (Å²) >= 11 is 0. The molecule has 0 aliphatic carbocycles. The summed E-state index contributed by atoms with van der Waals surface area (Å²) in [6.07, 6.45) is -0.710. The number of rotatable bonds is 4. The SMILES string of the molecule is CN(C)C(=O)c1cccc(NC(=O)OCc2ccccc2)c1O.